The molecule has 0 amide bonds. The van der Waals surface area contributed by atoms with Gasteiger partial charge in [-0.3, -0.25) is 4.99 Å². The number of aryl methyl sites for hydroxylation is 1. The first-order valence-corrected chi connectivity index (χ1v) is 10.2. The van der Waals surface area contributed by atoms with Crippen LogP contribution in [0.25, 0.3) is 11.5 Å². The maximum absolute atomic E-state index is 5.67. The van der Waals surface area contributed by atoms with Crippen molar-refractivity contribution < 1.29 is 13.9 Å². The molecular weight excluding hydrogens is 495 g/mol. The summed E-state index contributed by atoms with van der Waals surface area (Å²) in [4.78, 5) is 11.3. The van der Waals surface area contributed by atoms with Crippen molar-refractivity contribution >= 4 is 29.9 Å². The fourth-order valence-electron chi connectivity index (χ4n) is 3.44. The zero-order valence-corrected chi connectivity index (χ0v) is 20.4. The van der Waals surface area contributed by atoms with Gasteiger partial charge in [-0.15, -0.1) is 24.0 Å². The van der Waals surface area contributed by atoms with Crippen LogP contribution >= 0.6 is 24.0 Å². The highest BCUT2D eigenvalue weighted by molar-refractivity contribution is 14.0. The van der Waals surface area contributed by atoms with Gasteiger partial charge in [0.15, 0.2) is 5.96 Å². The highest BCUT2D eigenvalue weighted by Gasteiger charge is 2.24. The Morgan fingerprint density at radius 3 is 2.83 bits per heavy atom. The average molecular weight is 528 g/mol. The number of methoxy groups -OCH3 is 1. The summed E-state index contributed by atoms with van der Waals surface area (Å²) in [5.41, 5.74) is 3.16. The number of aromatic nitrogens is 1. The highest BCUT2D eigenvalue weighted by Crippen LogP contribution is 2.19. The summed E-state index contributed by atoms with van der Waals surface area (Å²) in [6.07, 6.45) is 3.64. The zero-order valence-electron chi connectivity index (χ0n) is 18.1. The first kappa shape index (κ1) is 24.6. The SMILES string of the molecule is CN=C(NCCc1coc(-c2ccc(C)cc2)n1)N1CCC(COCCOC)C1.I. The van der Waals surface area contributed by atoms with E-state index in [2.05, 4.69) is 39.2 Å². The number of guanidine groups is 1. The molecule has 1 unspecified atom stereocenters. The van der Waals surface area contributed by atoms with E-state index in [1.807, 2.05) is 19.2 Å². The smallest absolute Gasteiger partial charge is 0.226 e. The molecule has 166 valence electrons. The van der Waals surface area contributed by atoms with Gasteiger partial charge in [-0.1, -0.05) is 17.7 Å². The van der Waals surface area contributed by atoms with Gasteiger partial charge in [0.05, 0.1) is 25.5 Å². The first-order chi connectivity index (χ1) is 14.2. The Bertz CT molecular complexity index is 779. The van der Waals surface area contributed by atoms with Crippen molar-refractivity contribution in [2.24, 2.45) is 10.9 Å². The van der Waals surface area contributed by atoms with Crippen LogP contribution in [-0.2, 0) is 15.9 Å². The molecular formula is C22H33IN4O3. The van der Waals surface area contributed by atoms with E-state index in [0.29, 0.717) is 25.0 Å². The molecule has 0 radical (unpaired) electrons. The van der Waals surface area contributed by atoms with Crippen LogP contribution in [0.5, 0.6) is 0 Å². The third kappa shape index (κ3) is 7.24. The Labute approximate surface area is 196 Å². The quantitative estimate of drug-likeness (QED) is 0.233. The lowest BCUT2D eigenvalue weighted by atomic mass is 10.1. The Balaban J connectivity index is 0.00000320. The van der Waals surface area contributed by atoms with E-state index in [0.717, 1.165) is 56.3 Å². The number of hydrogen-bond donors (Lipinski definition) is 1. The normalized spacial score (nSPS) is 16.6. The summed E-state index contributed by atoms with van der Waals surface area (Å²) in [6.45, 7) is 6.87. The molecule has 1 saturated heterocycles. The van der Waals surface area contributed by atoms with Crippen molar-refractivity contribution in [3.05, 3.63) is 41.8 Å². The molecule has 2 heterocycles. The average Bonchev–Trinajstić information content (AvgIpc) is 3.39. The van der Waals surface area contributed by atoms with Crippen LogP contribution < -0.4 is 5.32 Å². The number of nitrogens with one attached hydrogen (secondary N) is 1. The van der Waals surface area contributed by atoms with Gasteiger partial charge in [0, 0.05) is 51.7 Å². The molecule has 1 atom stereocenters. The Morgan fingerprint density at radius 2 is 2.10 bits per heavy atom. The van der Waals surface area contributed by atoms with Crippen molar-refractivity contribution in [2.45, 2.75) is 19.8 Å². The van der Waals surface area contributed by atoms with Gasteiger partial charge in [0.1, 0.15) is 6.26 Å². The van der Waals surface area contributed by atoms with Crippen molar-refractivity contribution in [3.8, 4) is 11.5 Å². The van der Waals surface area contributed by atoms with Gasteiger partial charge in [-0.05, 0) is 25.5 Å². The number of nitrogens with zero attached hydrogens (tertiary/aromatic N) is 3. The lowest BCUT2D eigenvalue weighted by Crippen LogP contribution is -2.41. The molecule has 0 spiro atoms. The Kier molecular flexibility index (Phi) is 10.6. The third-order valence-electron chi connectivity index (χ3n) is 5.10. The predicted octanol–water partition coefficient (Wildman–Crippen LogP) is 3.37. The van der Waals surface area contributed by atoms with Crippen molar-refractivity contribution in [2.75, 3.05) is 53.6 Å². The molecule has 2 aromatic rings. The van der Waals surface area contributed by atoms with E-state index in [9.17, 15) is 0 Å². The van der Waals surface area contributed by atoms with Gasteiger partial charge in [0.25, 0.3) is 0 Å². The van der Waals surface area contributed by atoms with Gasteiger partial charge < -0.3 is 24.1 Å². The fourth-order valence-corrected chi connectivity index (χ4v) is 3.44. The van der Waals surface area contributed by atoms with Crippen LogP contribution in [0.4, 0.5) is 0 Å². The Morgan fingerprint density at radius 1 is 1.30 bits per heavy atom. The fraction of sp³-hybridized carbons (Fsp3) is 0.545. The predicted molar refractivity (Wildman–Crippen MR) is 130 cm³/mol. The number of likely N-dealkylation sites (tertiary alicyclic amines) is 1. The Hall–Kier alpha value is -1.65. The largest absolute Gasteiger partial charge is 0.444 e. The first-order valence-electron chi connectivity index (χ1n) is 10.2. The molecule has 0 bridgehead atoms. The minimum atomic E-state index is 0. The molecule has 1 aromatic heterocycles. The van der Waals surface area contributed by atoms with Crippen LogP contribution in [0, 0.1) is 12.8 Å². The maximum atomic E-state index is 5.67. The van der Waals surface area contributed by atoms with E-state index in [1.165, 1.54) is 5.56 Å². The van der Waals surface area contributed by atoms with Crippen LogP contribution in [0.1, 0.15) is 17.7 Å². The van der Waals surface area contributed by atoms with Crippen molar-refractivity contribution in [3.63, 3.8) is 0 Å². The minimum Gasteiger partial charge on any atom is -0.444 e. The standard InChI is InChI=1S/C22H32N4O3.HI/c1-17-4-6-19(7-5-17)21-25-20(16-29-21)8-10-24-22(23-2)26-11-9-18(14-26)15-28-13-12-27-3;/h4-7,16,18H,8-15H2,1-3H3,(H,23,24);1H. The molecule has 1 aliphatic rings. The van der Waals surface area contributed by atoms with E-state index in [1.54, 1.807) is 13.4 Å². The number of hydrogen-bond acceptors (Lipinski definition) is 5. The molecule has 0 saturated carbocycles. The number of ether oxygens (including phenoxy) is 2. The second kappa shape index (κ2) is 12.9. The number of rotatable bonds is 9. The van der Waals surface area contributed by atoms with Gasteiger partial charge in [-0.2, -0.15) is 0 Å². The molecule has 1 aromatic carbocycles. The van der Waals surface area contributed by atoms with Crippen molar-refractivity contribution in [1.82, 2.24) is 15.2 Å². The van der Waals surface area contributed by atoms with E-state index in [-0.39, 0.29) is 24.0 Å². The van der Waals surface area contributed by atoms with Crippen molar-refractivity contribution in [1.29, 1.82) is 0 Å². The summed E-state index contributed by atoms with van der Waals surface area (Å²) in [5, 5.41) is 3.45. The summed E-state index contributed by atoms with van der Waals surface area (Å²) in [7, 11) is 3.52. The van der Waals surface area contributed by atoms with Crippen LogP contribution in [0.15, 0.2) is 39.9 Å². The molecule has 1 fully saturated rings. The molecule has 30 heavy (non-hydrogen) atoms. The molecule has 1 aliphatic heterocycles. The minimum absolute atomic E-state index is 0. The summed E-state index contributed by atoms with van der Waals surface area (Å²) < 4.78 is 16.3. The van der Waals surface area contributed by atoms with Crippen LogP contribution in [0.2, 0.25) is 0 Å². The lowest BCUT2D eigenvalue weighted by molar-refractivity contribution is 0.0536. The van der Waals surface area contributed by atoms with Gasteiger partial charge in [0.2, 0.25) is 5.89 Å². The third-order valence-corrected chi connectivity index (χ3v) is 5.10. The molecule has 7 nitrogen and oxygen atoms in total. The van der Waals surface area contributed by atoms with E-state index < -0.39 is 0 Å². The van der Waals surface area contributed by atoms with Crippen LogP contribution in [0.3, 0.4) is 0 Å². The number of oxazole rings is 1. The van der Waals surface area contributed by atoms with E-state index in [4.69, 9.17) is 13.9 Å². The second-order valence-electron chi connectivity index (χ2n) is 7.40. The molecule has 8 heteroatoms. The lowest BCUT2D eigenvalue weighted by Gasteiger charge is -2.21. The molecule has 3 rings (SSSR count). The topological polar surface area (TPSA) is 72.1 Å². The van der Waals surface area contributed by atoms with Crippen LogP contribution in [-0.4, -0.2) is 69.5 Å². The number of halogens is 1. The summed E-state index contributed by atoms with van der Waals surface area (Å²) in [5.74, 6) is 2.14. The highest BCUT2D eigenvalue weighted by atomic mass is 127. The maximum Gasteiger partial charge on any atom is 0.226 e. The van der Waals surface area contributed by atoms with Gasteiger partial charge >= 0.3 is 0 Å². The summed E-state index contributed by atoms with van der Waals surface area (Å²) in [6, 6.07) is 8.20. The van der Waals surface area contributed by atoms with Gasteiger partial charge in [-0.25, -0.2) is 4.98 Å². The number of aliphatic imine (C=N–C) groups is 1. The second-order valence-corrected chi connectivity index (χ2v) is 7.40. The number of benzene rings is 1. The zero-order chi connectivity index (χ0) is 20.5. The molecule has 0 aliphatic carbocycles. The summed E-state index contributed by atoms with van der Waals surface area (Å²) >= 11 is 0. The molecule has 1 N–H and O–H groups in total. The monoisotopic (exact) mass is 528 g/mol. The van der Waals surface area contributed by atoms with E-state index >= 15 is 0 Å².